The zero-order valence-corrected chi connectivity index (χ0v) is 11.4. The van der Waals surface area contributed by atoms with E-state index >= 15 is 0 Å². The number of aromatic amines is 1. The lowest BCUT2D eigenvalue weighted by atomic mass is 10.2. The maximum absolute atomic E-state index is 5.78. The van der Waals surface area contributed by atoms with Gasteiger partial charge in [0.1, 0.15) is 5.52 Å². The minimum Gasteiger partial charge on any atom is -0.368 e. The van der Waals surface area contributed by atoms with Crippen LogP contribution in [-0.4, -0.2) is 57.6 Å². The molecule has 20 heavy (non-hydrogen) atoms. The molecule has 2 aliphatic rings. The summed E-state index contributed by atoms with van der Waals surface area (Å²) in [7, 11) is 0. The minimum atomic E-state index is 0.292. The van der Waals surface area contributed by atoms with Gasteiger partial charge in [-0.2, -0.15) is 9.97 Å². The molecule has 4 rings (SSSR count). The average molecular weight is 273 g/mol. The Morgan fingerprint density at radius 1 is 1.20 bits per heavy atom. The first-order valence-corrected chi connectivity index (χ1v) is 7.23. The van der Waals surface area contributed by atoms with Crippen LogP contribution in [0.25, 0.3) is 11.2 Å². The van der Waals surface area contributed by atoms with Crippen molar-refractivity contribution in [1.29, 1.82) is 0 Å². The number of piperazine rings is 1. The van der Waals surface area contributed by atoms with Gasteiger partial charge in [0, 0.05) is 32.7 Å². The van der Waals surface area contributed by atoms with E-state index in [-0.39, 0.29) is 0 Å². The molecule has 0 spiro atoms. The lowest BCUT2D eigenvalue weighted by Gasteiger charge is -2.35. The summed E-state index contributed by atoms with van der Waals surface area (Å²) in [6.07, 6.45) is 4.47. The summed E-state index contributed by atoms with van der Waals surface area (Å²) in [5.74, 6) is 2.13. The highest BCUT2D eigenvalue weighted by Crippen LogP contribution is 2.30. The smallest absolute Gasteiger partial charge is 0.224 e. The van der Waals surface area contributed by atoms with Crippen molar-refractivity contribution in [3.05, 3.63) is 6.33 Å². The monoisotopic (exact) mass is 273 g/mol. The molecular formula is C13H19N7. The normalized spacial score (nSPS) is 20.7. The van der Waals surface area contributed by atoms with Gasteiger partial charge in [0.2, 0.25) is 5.95 Å². The van der Waals surface area contributed by atoms with E-state index in [4.69, 9.17) is 5.73 Å². The minimum absolute atomic E-state index is 0.292. The number of nitrogen functional groups attached to an aromatic ring is 1. The number of rotatable bonds is 3. The molecule has 0 radical (unpaired) electrons. The summed E-state index contributed by atoms with van der Waals surface area (Å²) in [4.78, 5) is 20.7. The van der Waals surface area contributed by atoms with Crippen molar-refractivity contribution < 1.29 is 0 Å². The summed E-state index contributed by atoms with van der Waals surface area (Å²) in [6.45, 7) is 5.42. The summed E-state index contributed by atoms with van der Waals surface area (Å²) in [5, 5.41) is 0. The third-order valence-corrected chi connectivity index (χ3v) is 4.17. The van der Waals surface area contributed by atoms with Gasteiger partial charge in [-0.05, 0) is 18.8 Å². The second kappa shape index (κ2) is 4.59. The van der Waals surface area contributed by atoms with Crippen LogP contribution in [0.1, 0.15) is 12.8 Å². The quantitative estimate of drug-likeness (QED) is 0.845. The largest absolute Gasteiger partial charge is 0.368 e. The maximum Gasteiger partial charge on any atom is 0.224 e. The fourth-order valence-electron chi connectivity index (χ4n) is 2.87. The van der Waals surface area contributed by atoms with Gasteiger partial charge in [-0.3, -0.25) is 4.90 Å². The Morgan fingerprint density at radius 2 is 2.00 bits per heavy atom. The molecule has 0 unspecified atom stereocenters. The van der Waals surface area contributed by atoms with E-state index in [0.717, 1.165) is 43.4 Å². The molecule has 106 valence electrons. The van der Waals surface area contributed by atoms with E-state index in [9.17, 15) is 0 Å². The molecule has 2 fully saturated rings. The van der Waals surface area contributed by atoms with Crippen LogP contribution in [0.5, 0.6) is 0 Å². The van der Waals surface area contributed by atoms with Crippen LogP contribution in [0, 0.1) is 5.92 Å². The van der Waals surface area contributed by atoms with E-state index in [1.807, 2.05) is 0 Å². The Morgan fingerprint density at radius 3 is 2.75 bits per heavy atom. The first kappa shape index (κ1) is 11.9. The fourth-order valence-corrected chi connectivity index (χ4v) is 2.87. The zero-order valence-electron chi connectivity index (χ0n) is 11.4. The molecule has 3 N–H and O–H groups in total. The van der Waals surface area contributed by atoms with Gasteiger partial charge >= 0.3 is 0 Å². The second-order valence-corrected chi connectivity index (χ2v) is 5.74. The highest BCUT2D eigenvalue weighted by Gasteiger charge is 2.27. The first-order valence-electron chi connectivity index (χ1n) is 7.23. The van der Waals surface area contributed by atoms with Crippen molar-refractivity contribution in [2.75, 3.05) is 43.4 Å². The van der Waals surface area contributed by atoms with Gasteiger partial charge < -0.3 is 15.6 Å². The van der Waals surface area contributed by atoms with Gasteiger partial charge in [0.15, 0.2) is 11.5 Å². The Hall–Kier alpha value is -1.89. The summed E-state index contributed by atoms with van der Waals surface area (Å²) >= 11 is 0. The molecule has 7 heteroatoms. The Balaban J connectivity index is 1.53. The van der Waals surface area contributed by atoms with Gasteiger partial charge in [0.25, 0.3) is 0 Å². The van der Waals surface area contributed by atoms with Crippen molar-refractivity contribution in [1.82, 2.24) is 24.8 Å². The van der Waals surface area contributed by atoms with E-state index < -0.39 is 0 Å². The molecule has 2 aromatic rings. The van der Waals surface area contributed by atoms with E-state index in [1.165, 1.54) is 19.4 Å². The number of H-pyrrole nitrogens is 1. The topological polar surface area (TPSA) is 87.0 Å². The molecule has 3 heterocycles. The number of nitrogens with zero attached hydrogens (tertiary/aromatic N) is 5. The summed E-state index contributed by atoms with van der Waals surface area (Å²) < 4.78 is 0. The molecule has 0 amide bonds. The van der Waals surface area contributed by atoms with Crippen LogP contribution >= 0.6 is 0 Å². The molecule has 0 bridgehead atoms. The molecule has 1 saturated carbocycles. The number of nitrogens with two attached hydrogens (primary N) is 1. The molecule has 1 saturated heterocycles. The Kier molecular flexibility index (Phi) is 2.73. The number of hydrogen-bond donors (Lipinski definition) is 2. The summed E-state index contributed by atoms with van der Waals surface area (Å²) in [6, 6.07) is 0. The SMILES string of the molecule is Nc1nc(N2CCN(CC3CC3)CC2)c2[nH]cnc2n1. The third kappa shape index (κ3) is 2.18. The van der Waals surface area contributed by atoms with Crippen LogP contribution in [0.4, 0.5) is 11.8 Å². The van der Waals surface area contributed by atoms with Crippen molar-refractivity contribution in [3.63, 3.8) is 0 Å². The second-order valence-electron chi connectivity index (χ2n) is 5.74. The van der Waals surface area contributed by atoms with Crippen LogP contribution in [0.3, 0.4) is 0 Å². The van der Waals surface area contributed by atoms with Crippen molar-refractivity contribution in [2.24, 2.45) is 5.92 Å². The molecule has 7 nitrogen and oxygen atoms in total. The highest BCUT2D eigenvalue weighted by atomic mass is 15.3. The van der Waals surface area contributed by atoms with Crippen molar-refractivity contribution in [2.45, 2.75) is 12.8 Å². The lowest BCUT2D eigenvalue weighted by Crippen LogP contribution is -2.47. The van der Waals surface area contributed by atoms with Crippen LogP contribution in [0.15, 0.2) is 6.33 Å². The molecule has 2 aromatic heterocycles. The van der Waals surface area contributed by atoms with E-state index in [1.54, 1.807) is 6.33 Å². The summed E-state index contributed by atoms with van der Waals surface area (Å²) in [5.41, 5.74) is 7.31. The molecule has 0 atom stereocenters. The molecule has 0 aromatic carbocycles. The van der Waals surface area contributed by atoms with E-state index in [0.29, 0.717) is 11.6 Å². The van der Waals surface area contributed by atoms with Crippen LogP contribution < -0.4 is 10.6 Å². The Bertz CT molecular complexity index is 610. The molecule has 1 aliphatic carbocycles. The number of hydrogen-bond acceptors (Lipinski definition) is 6. The highest BCUT2D eigenvalue weighted by molar-refractivity contribution is 5.84. The number of fused-ring (bicyclic) bond motifs is 1. The zero-order chi connectivity index (χ0) is 13.5. The number of imidazole rings is 1. The van der Waals surface area contributed by atoms with Gasteiger partial charge in [-0.1, -0.05) is 0 Å². The van der Waals surface area contributed by atoms with Gasteiger partial charge in [0.05, 0.1) is 6.33 Å². The Labute approximate surface area is 117 Å². The van der Waals surface area contributed by atoms with Crippen LogP contribution in [0.2, 0.25) is 0 Å². The van der Waals surface area contributed by atoms with Crippen molar-refractivity contribution in [3.8, 4) is 0 Å². The number of aromatic nitrogens is 4. The predicted molar refractivity (Wildman–Crippen MR) is 77.5 cm³/mol. The number of anilines is 2. The molecular weight excluding hydrogens is 254 g/mol. The number of nitrogens with one attached hydrogen (secondary N) is 1. The van der Waals surface area contributed by atoms with Gasteiger partial charge in [-0.15, -0.1) is 0 Å². The predicted octanol–water partition coefficient (Wildman–Crippen LogP) is 0.467. The van der Waals surface area contributed by atoms with Crippen molar-refractivity contribution >= 4 is 22.9 Å². The third-order valence-electron chi connectivity index (χ3n) is 4.17. The van der Waals surface area contributed by atoms with Crippen LogP contribution in [-0.2, 0) is 0 Å². The average Bonchev–Trinajstić information content (AvgIpc) is 3.14. The maximum atomic E-state index is 5.78. The van der Waals surface area contributed by atoms with E-state index in [2.05, 4.69) is 29.7 Å². The lowest BCUT2D eigenvalue weighted by molar-refractivity contribution is 0.248. The molecule has 1 aliphatic heterocycles. The van der Waals surface area contributed by atoms with Gasteiger partial charge in [-0.25, -0.2) is 4.98 Å². The first-order chi connectivity index (χ1) is 9.79. The fraction of sp³-hybridized carbons (Fsp3) is 0.615. The standard InChI is InChI=1S/C13H19N7/c14-13-17-11-10(15-8-16-11)12(18-13)20-5-3-19(4-6-20)7-9-1-2-9/h8-9H,1-7H2,(H3,14,15,16,17,18).